The summed E-state index contributed by atoms with van der Waals surface area (Å²) in [7, 11) is 0. The van der Waals surface area contributed by atoms with E-state index in [4.69, 9.17) is 4.74 Å². The number of para-hydroxylation sites is 1. The summed E-state index contributed by atoms with van der Waals surface area (Å²) in [5.41, 5.74) is 3.83. The molecule has 0 saturated carbocycles. The van der Waals surface area contributed by atoms with Crippen molar-refractivity contribution in [3.8, 4) is 16.9 Å². The van der Waals surface area contributed by atoms with E-state index in [1.165, 1.54) is 0 Å². The summed E-state index contributed by atoms with van der Waals surface area (Å²) in [4.78, 5) is 4.18. The Bertz CT molecular complexity index is 741. The Labute approximate surface area is 129 Å². The van der Waals surface area contributed by atoms with Gasteiger partial charge in [0.1, 0.15) is 12.4 Å². The van der Waals surface area contributed by atoms with E-state index in [-0.39, 0.29) is 6.61 Å². The SMILES string of the molecule is OCc1cncc(-c2ccccc2OCc2ccccc2)c1. The number of nitrogens with zero attached hydrogens (tertiary/aromatic N) is 1. The molecule has 3 aromatic rings. The second-order valence-corrected chi connectivity index (χ2v) is 5.01. The molecule has 0 spiro atoms. The van der Waals surface area contributed by atoms with E-state index in [9.17, 15) is 5.11 Å². The zero-order valence-corrected chi connectivity index (χ0v) is 12.1. The molecule has 2 aromatic carbocycles. The Morgan fingerprint density at radius 1 is 0.864 bits per heavy atom. The molecule has 3 rings (SSSR count). The van der Waals surface area contributed by atoms with Gasteiger partial charge in [0.2, 0.25) is 0 Å². The molecular weight excluding hydrogens is 274 g/mol. The molecule has 0 aliphatic carbocycles. The molecule has 110 valence electrons. The summed E-state index contributed by atoms with van der Waals surface area (Å²) in [6, 6.07) is 19.9. The predicted octanol–water partition coefficient (Wildman–Crippen LogP) is 3.82. The molecule has 0 saturated heterocycles. The molecule has 0 aliphatic rings. The van der Waals surface area contributed by atoms with Gasteiger partial charge in [-0.05, 0) is 23.3 Å². The van der Waals surface area contributed by atoms with Crippen LogP contribution >= 0.6 is 0 Å². The molecule has 0 unspecified atom stereocenters. The lowest BCUT2D eigenvalue weighted by atomic mass is 10.1. The summed E-state index contributed by atoms with van der Waals surface area (Å²) >= 11 is 0. The molecule has 3 heteroatoms. The largest absolute Gasteiger partial charge is 0.488 e. The van der Waals surface area contributed by atoms with Crippen LogP contribution in [0.5, 0.6) is 5.75 Å². The molecule has 0 radical (unpaired) electrons. The van der Waals surface area contributed by atoms with Gasteiger partial charge >= 0.3 is 0 Å². The quantitative estimate of drug-likeness (QED) is 0.777. The van der Waals surface area contributed by atoms with Crippen molar-refractivity contribution in [3.63, 3.8) is 0 Å². The van der Waals surface area contributed by atoms with Crippen molar-refractivity contribution in [2.24, 2.45) is 0 Å². The Hall–Kier alpha value is -2.65. The van der Waals surface area contributed by atoms with E-state index < -0.39 is 0 Å². The van der Waals surface area contributed by atoms with Crippen LogP contribution < -0.4 is 4.74 Å². The molecule has 1 N–H and O–H groups in total. The van der Waals surface area contributed by atoms with Gasteiger partial charge in [-0.25, -0.2) is 0 Å². The molecule has 1 aromatic heterocycles. The third-order valence-corrected chi connectivity index (χ3v) is 3.41. The van der Waals surface area contributed by atoms with Gasteiger partial charge in [0, 0.05) is 23.5 Å². The van der Waals surface area contributed by atoms with Crippen molar-refractivity contribution in [2.45, 2.75) is 13.2 Å². The van der Waals surface area contributed by atoms with E-state index in [1.807, 2.05) is 60.7 Å². The lowest BCUT2D eigenvalue weighted by molar-refractivity contribution is 0.281. The molecule has 0 fully saturated rings. The van der Waals surface area contributed by atoms with Crippen molar-refractivity contribution in [2.75, 3.05) is 0 Å². The fourth-order valence-electron chi connectivity index (χ4n) is 2.29. The lowest BCUT2D eigenvalue weighted by Gasteiger charge is -2.12. The molecule has 22 heavy (non-hydrogen) atoms. The van der Waals surface area contributed by atoms with Crippen LogP contribution in [-0.2, 0) is 13.2 Å². The predicted molar refractivity (Wildman–Crippen MR) is 86.4 cm³/mol. The molecule has 1 heterocycles. The normalized spacial score (nSPS) is 10.4. The van der Waals surface area contributed by atoms with Gasteiger partial charge < -0.3 is 9.84 Å². The fourth-order valence-corrected chi connectivity index (χ4v) is 2.29. The minimum absolute atomic E-state index is 0.0200. The van der Waals surface area contributed by atoms with Crippen molar-refractivity contribution < 1.29 is 9.84 Å². The monoisotopic (exact) mass is 291 g/mol. The zero-order chi connectivity index (χ0) is 15.2. The maximum atomic E-state index is 9.26. The van der Waals surface area contributed by atoms with Crippen molar-refractivity contribution >= 4 is 0 Å². The number of pyridine rings is 1. The number of aliphatic hydroxyl groups is 1. The van der Waals surface area contributed by atoms with Crippen LogP contribution in [0.2, 0.25) is 0 Å². The van der Waals surface area contributed by atoms with Gasteiger partial charge in [-0.15, -0.1) is 0 Å². The molecule has 0 amide bonds. The second kappa shape index (κ2) is 6.87. The number of hydrogen-bond donors (Lipinski definition) is 1. The number of benzene rings is 2. The first kappa shape index (κ1) is 14.3. The van der Waals surface area contributed by atoms with Crippen LogP contribution in [0.15, 0.2) is 73.1 Å². The van der Waals surface area contributed by atoms with Gasteiger partial charge in [-0.3, -0.25) is 4.98 Å². The minimum atomic E-state index is -0.0200. The van der Waals surface area contributed by atoms with E-state index in [0.717, 1.165) is 28.0 Å². The molecular formula is C19H17NO2. The number of ether oxygens (including phenoxy) is 1. The highest BCUT2D eigenvalue weighted by molar-refractivity contribution is 5.70. The topological polar surface area (TPSA) is 42.4 Å². The summed E-state index contributed by atoms with van der Waals surface area (Å²) in [5.74, 6) is 0.809. The Morgan fingerprint density at radius 2 is 1.64 bits per heavy atom. The summed E-state index contributed by atoms with van der Waals surface area (Å²) in [6.07, 6.45) is 3.45. The van der Waals surface area contributed by atoms with E-state index in [0.29, 0.717) is 6.61 Å². The van der Waals surface area contributed by atoms with Crippen LogP contribution in [0.3, 0.4) is 0 Å². The van der Waals surface area contributed by atoms with E-state index in [2.05, 4.69) is 4.98 Å². The van der Waals surface area contributed by atoms with E-state index >= 15 is 0 Å². The highest BCUT2D eigenvalue weighted by Gasteiger charge is 2.07. The first-order valence-electron chi connectivity index (χ1n) is 7.18. The van der Waals surface area contributed by atoms with Crippen LogP contribution in [0.1, 0.15) is 11.1 Å². The van der Waals surface area contributed by atoms with Gasteiger partial charge in [-0.1, -0.05) is 48.5 Å². The first-order chi connectivity index (χ1) is 10.9. The molecule has 3 nitrogen and oxygen atoms in total. The molecule has 0 atom stereocenters. The van der Waals surface area contributed by atoms with Gasteiger partial charge in [0.15, 0.2) is 0 Å². The van der Waals surface area contributed by atoms with Crippen molar-refractivity contribution in [3.05, 3.63) is 84.2 Å². The van der Waals surface area contributed by atoms with Crippen LogP contribution in [-0.4, -0.2) is 10.1 Å². The standard InChI is InChI=1S/C19H17NO2/c21-13-16-10-17(12-20-11-16)18-8-4-5-9-19(18)22-14-15-6-2-1-3-7-15/h1-12,21H,13-14H2. The summed E-state index contributed by atoms with van der Waals surface area (Å²) in [6.45, 7) is 0.499. The summed E-state index contributed by atoms with van der Waals surface area (Å²) < 4.78 is 5.96. The highest BCUT2D eigenvalue weighted by atomic mass is 16.5. The Kier molecular flexibility index (Phi) is 4.47. The average molecular weight is 291 g/mol. The Morgan fingerprint density at radius 3 is 2.45 bits per heavy atom. The van der Waals surface area contributed by atoms with Crippen LogP contribution in [0.4, 0.5) is 0 Å². The highest BCUT2D eigenvalue weighted by Crippen LogP contribution is 2.30. The third kappa shape index (κ3) is 3.32. The molecule has 0 bridgehead atoms. The van der Waals surface area contributed by atoms with Gasteiger partial charge in [0.25, 0.3) is 0 Å². The minimum Gasteiger partial charge on any atom is -0.488 e. The second-order valence-electron chi connectivity index (χ2n) is 5.01. The average Bonchev–Trinajstić information content (AvgIpc) is 2.61. The van der Waals surface area contributed by atoms with Gasteiger partial charge in [-0.2, -0.15) is 0 Å². The lowest BCUT2D eigenvalue weighted by Crippen LogP contribution is -1.97. The van der Waals surface area contributed by atoms with Crippen molar-refractivity contribution in [1.82, 2.24) is 4.98 Å². The Balaban J connectivity index is 1.86. The van der Waals surface area contributed by atoms with E-state index in [1.54, 1.807) is 12.4 Å². The smallest absolute Gasteiger partial charge is 0.127 e. The van der Waals surface area contributed by atoms with Crippen LogP contribution in [0, 0.1) is 0 Å². The fraction of sp³-hybridized carbons (Fsp3) is 0.105. The van der Waals surface area contributed by atoms with Crippen molar-refractivity contribution in [1.29, 1.82) is 0 Å². The number of hydrogen-bond acceptors (Lipinski definition) is 3. The number of rotatable bonds is 5. The number of aromatic nitrogens is 1. The van der Waals surface area contributed by atoms with Crippen LogP contribution in [0.25, 0.3) is 11.1 Å². The maximum absolute atomic E-state index is 9.26. The number of aliphatic hydroxyl groups excluding tert-OH is 1. The molecule has 0 aliphatic heterocycles. The zero-order valence-electron chi connectivity index (χ0n) is 12.1. The van der Waals surface area contributed by atoms with Gasteiger partial charge in [0.05, 0.1) is 6.61 Å². The summed E-state index contributed by atoms with van der Waals surface area (Å²) in [5, 5.41) is 9.26. The maximum Gasteiger partial charge on any atom is 0.127 e. The third-order valence-electron chi connectivity index (χ3n) is 3.41. The first-order valence-corrected chi connectivity index (χ1v) is 7.18.